The van der Waals surface area contributed by atoms with E-state index in [1.165, 1.54) is 13.3 Å². The fraction of sp³-hybridized carbons (Fsp3) is 0.636. The van der Waals surface area contributed by atoms with Crippen LogP contribution in [0.1, 0.15) is 17.3 Å². The standard InChI is InChI=1S/C11H15F3N4O2S.ClH/c1-20-3-2-6(7-4-16-9(15)21-7)18-5-8(11(12,13)14)17-10(18)19;/h4,6,8H,2-3,5H2,1H3,(H2,15,16)(H,17,19);1H/t6?,8-;/m0./s1. The molecule has 2 atom stereocenters. The van der Waals surface area contributed by atoms with Gasteiger partial charge in [0.25, 0.3) is 0 Å². The van der Waals surface area contributed by atoms with Crippen LogP contribution in [-0.4, -0.2) is 48.4 Å². The molecule has 0 aromatic carbocycles. The van der Waals surface area contributed by atoms with Gasteiger partial charge >= 0.3 is 12.2 Å². The summed E-state index contributed by atoms with van der Waals surface area (Å²) < 4.78 is 43.2. The average Bonchev–Trinajstić information content (AvgIpc) is 2.97. The van der Waals surface area contributed by atoms with E-state index in [1.54, 1.807) is 0 Å². The number of ether oxygens (including phenoxy) is 1. The van der Waals surface area contributed by atoms with Gasteiger partial charge in [-0.3, -0.25) is 0 Å². The van der Waals surface area contributed by atoms with Crippen LogP contribution in [-0.2, 0) is 4.74 Å². The molecule has 2 heterocycles. The van der Waals surface area contributed by atoms with Gasteiger partial charge in [0.2, 0.25) is 0 Å². The molecule has 0 spiro atoms. The van der Waals surface area contributed by atoms with Crippen molar-refractivity contribution in [3.8, 4) is 0 Å². The topological polar surface area (TPSA) is 80.5 Å². The molecule has 3 N–H and O–H groups in total. The van der Waals surface area contributed by atoms with Crippen LogP contribution < -0.4 is 11.1 Å². The number of nitrogens with zero attached hydrogens (tertiary/aromatic N) is 2. The zero-order chi connectivity index (χ0) is 15.6. The third kappa shape index (κ3) is 4.14. The van der Waals surface area contributed by atoms with E-state index >= 15 is 0 Å². The lowest BCUT2D eigenvalue weighted by molar-refractivity contribution is -0.150. The Morgan fingerprint density at radius 1 is 1.64 bits per heavy atom. The van der Waals surface area contributed by atoms with Crippen molar-refractivity contribution in [3.05, 3.63) is 11.1 Å². The van der Waals surface area contributed by atoms with E-state index in [0.29, 0.717) is 23.0 Å². The summed E-state index contributed by atoms with van der Waals surface area (Å²) in [5.41, 5.74) is 5.55. The number of nitrogen functional groups attached to an aromatic ring is 1. The van der Waals surface area contributed by atoms with Gasteiger partial charge in [-0.25, -0.2) is 9.78 Å². The van der Waals surface area contributed by atoms with Crippen molar-refractivity contribution < 1.29 is 22.7 Å². The zero-order valence-electron chi connectivity index (χ0n) is 11.6. The largest absolute Gasteiger partial charge is 0.410 e. The maximum absolute atomic E-state index is 12.7. The molecule has 1 aliphatic rings. The van der Waals surface area contributed by atoms with E-state index < -0.39 is 30.8 Å². The second-order valence-electron chi connectivity index (χ2n) is 4.59. The number of carbonyl (C=O) groups is 1. The number of aromatic nitrogens is 1. The lowest BCUT2D eigenvalue weighted by Crippen LogP contribution is -2.40. The van der Waals surface area contributed by atoms with Gasteiger partial charge in [0.05, 0.1) is 12.6 Å². The zero-order valence-corrected chi connectivity index (χ0v) is 13.2. The summed E-state index contributed by atoms with van der Waals surface area (Å²) in [6.07, 6.45) is -2.62. The normalized spacial score (nSPS) is 19.7. The van der Waals surface area contributed by atoms with Crippen molar-refractivity contribution in [2.45, 2.75) is 24.7 Å². The molecule has 1 aliphatic heterocycles. The van der Waals surface area contributed by atoms with Gasteiger partial charge in [-0.15, -0.1) is 23.7 Å². The molecule has 6 nitrogen and oxygen atoms in total. The van der Waals surface area contributed by atoms with Crippen molar-refractivity contribution >= 4 is 34.9 Å². The average molecular weight is 361 g/mol. The number of urea groups is 1. The summed E-state index contributed by atoms with van der Waals surface area (Å²) in [7, 11) is 1.49. The quantitative estimate of drug-likeness (QED) is 0.843. The van der Waals surface area contributed by atoms with Gasteiger partial charge in [0.15, 0.2) is 5.13 Å². The highest BCUT2D eigenvalue weighted by molar-refractivity contribution is 7.15. The van der Waals surface area contributed by atoms with Gasteiger partial charge in [0, 0.05) is 24.8 Å². The molecular formula is C11H16ClF3N4O2S. The van der Waals surface area contributed by atoms with Crippen molar-refractivity contribution in [1.82, 2.24) is 15.2 Å². The summed E-state index contributed by atoms with van der Waals surface area (Å²) in [6.45, 7) is -0.128. The van der Waals surface area contributed by atoms with Crippen LogP contribution in [0.4, 0.5) is 23.1 Å². The third-order valence-electron chi connectivity index (χ3n) is 3.17. The number of nitrogens with one attached hydrogen (secondary N) is 1. The second-order valence-corrected chi connectivity index (χ2v) is 5.69. The number of halogens is 4. The van der Waals surface area contributed by atoms with Crippen molar-refractivity contribution in [2.75, 3.05) is 26.0 Å². The Balaban J connectivity index is 0.00000242. The molecule has 126 valence electrons. The molecule has 0 saturated carbocycles. The summed E-state index contributed by atoms with van der Waals surface area (Å²) in [5.74, 6) is 0. The SMILES string of the molecule is COCCC(c1cnc(N)s1)N1C[C@@H](C(F)(F)F)NC1=O.Cl. The maximum Gasteiger partial charge on any atom is 0.410 e. The third-order valence-corrected chi connectivity index (χ3v) is 4.10. The van der Waals surface area contributed by atoms with Crippen LogP contribution >= 0.6 is 23.7 Å². The molecule has 0 bridgehead atoms. The van der Waals surface area contributed by atoms with E-state index in [9.17, 15) is 18.0 Å². The van der Waals surface area contributed by atoms with Crippen LogP contribution in [0.3, 0.4) is 0 Å². The Morgan fingerprint density at radius 2 is 2.32 bits per heavy atom. The van der Waals surface area contributed by atoms with Crippen molar-refractivity contribution in [3.63, 3.8) is 0 Å². The lowest BCUT2D eigenvalue weighted by Gasteiger charge is -2.25. The first-order chi connectivity index (χ1) is 9.82. The molecule has 0 aliphatic carbocycles. The molecule has 1 saturated heterocycles. The first kappa shape index (κ1) is 18.8. The molecular weight excluding hydrogens is 345 g/mol. The van der Waals surface area contributed by atoms with Gasteiger partial charge in [-0.2, -0.15) is 13.2 Å². The molecule has 1 fully saturated rings. The highest BCUT2D eigenvalue weighted by Gasteiger charge is 2.48. The van der Waals surface area contributed by atoms with Gasteiger partial charge in [0.1, 0.15) is 6.04 Å². The number of rotatable bonds is 5. The van der Waals surface area contributed by atoms with E-state index in [1.807, 2.05) is 5.32 Å². The number of anilines is 1. The number of hydrogen-bond acceptors (Lipinski definition) is 5. The summed E-state index contributed by atoms with van der Waals surface area (Å²) in [6, 6.07) is -3.14. The fourth-order valence-electron chi connectivity index (χ4n) is 2.15. The molecule has 2 rings (SSSR count). The van der Waals surface area contributed by atoms with Crippen LogP contribution in [0.2, 0.25) is 0 Å². The van der Waals surface area contributed by atoms with E-state index in [2.05, 4.69) is 4.98 Å². The van der Waals surface area contributed by atoms with Crippen LogP contribution in [0.5, 0.6) is 0 Å². The van der Waals surface area contributed by atoms with Crippen LogP contribution in [0.15, 0.2) is 6.20 Å². The molecule has 1 unspecified atom stereocenters. The molecule has 11 heteroatoms. The summed E-state index contributed by atoms with van der Waals surface area (Å²) in [4.78, 5) is 17.5. The molecule has 1 aromatic heterocycles. The number of carbonyl (C=O) groups excluding carboxylic acids is 1. The maximum atomic E-state index is 12.7. The highest BCUT2D eigenvalue weighted by atomic mass is 35.5. The summed E-state index contributed by atoms with van der Waals surface area (Å²) >= 11 is 1.15. The van der Waals surface area contributed by atoms with Crippen molar-refractivity contribution in [1.29, 1.82) is 0 Å². The Morgan fingerprint density at radius 3 is 2.77 bits per heavy atom. The molecule has 22 heavy (non-hydrogen) atoms. The monoisotopic (exact) mass is 360 g/mol. The Bertz CT molecular complexity index is 514. The number of amides is 2. The van der Waals surface area contributed by atoms with E-state index in [-0.39, 0.29) is 12.4 Å². The minimum absolute atomic E-state index is 0. The first-order valence-electron chi connectivity index (χ1n) is 6.17. The molecule has 0 radical (unpaired) electrons. The number of alkyl halides is 3. The van der Waals surface area contributed by atoms with Crippen LogP contribution in [0, 0.1) is 0 Å². The number of thiazole rings is 1. The highest BCUT2D eigenvalue weighted by Crippen LogP contribution is 2.34. The smallest absolute Gasteiger partial charge is 0.385 e. The molecule has 1 aromatic rings. The second kappa shape index (κ2) is 7.34. The van der Waals surface area contributed by atoms with Gasteiger partial charge < -0.3 is 20.7 Å². The van der Waals surface area contributed by atoms with Crippen molar-refractivity contribution in [2.24, 2.45) is 0 Å². The van der Waals surface area contributed by atoms with E-state index in [4.69, 9.17) is 10.5 Å². The Labute approximate surface area is 135 Å². The van der Waals surface area contributed by atoms with Gasteiger partial charge in [-0.05, 0) is 6.42 Å². The van der Waals surface area contributed by atoms with E-state index in [0.717, 1.165) is 16.2 Å². The Hall–Kier alpha value is -1.26. The minimum Gasteiger partial charge on any atom is -0.385 e. The number of hydrogen-bond donors (Lipinski definition) is 2. The number of methoxy groups -OCH3 is 1. The molecule has 2 amide bonds. The predicted molar refractivity (Wildman–Crippen MR) is 78.1 cm³/mol. The fourth-order valence-corrected chi connectivity index (χ4v) is 2.98. The first-order valence-corrected chi connectivity index (χ1v) is 6.98. The predicted octanol–water partition coefficient (Wildman–Crippen LogP) is 2.18. The van der Waals surface area contributed by atoms with Crippen LogP contribution in [0.25, 0.3) is 0 Å². The van der Waals surface area contributed by atoms with Gasteiger partial charge in [-0.1, -0.05) is 0 Å². The summed E-state index contributed by atoms with van der Waals surface area (Å²) in [5, 5.41) is 2.26. The minimum atomic E-state index is -4.47. The lowest BCUT2D eigenvalue weighted by atomic mass is 10.1. The Kier molecular flexibility index (Phi) is 6.27. The number of nitrogens with two attached hydrogens (primary N) is 1.